The molecule has 1 aliphatic heterocycles. The van der Waals surface area contributed by atoms with E-state index in [1.807, 2.05) is 53.6 Å². The average Bonchev–Trinajstić information content (AvgIpc) is 3.04. The second kappa shape index (κ2) is 7.98. The number of rotatable bonds is 6. The van der Waals surface area contributed by atoms with E-state index >= 15 is 0 Å². The zero-order valence-electron chi connectivity index (χ0n) is 13.4. The van der Waals surface area contributed by atoms with E-state index in [0.717, 1.165) is 15.8 Å². The second-order valence-electron chi connectivity index (χ2n) is 5.31. The van der Waals surface area contributed by atoms with Crippen LogP contribution >= 0.6 is 0 Å². The van der Waals surface area contributed by atoms with Crippen molar-refractivity contribution in [3.8, 4) is 0 Å². The van der Waals surface area contributed by atoms with E-state index in [-0.39, 0.29) is 25.9 Å². The Bertz CT molecular complexity index is 795. The van der Waals surface area contributed by atoms with Gasteiger partial charge in [0, 0.05) is 0 Å². The first-order valence-corrected chi connectivity index (χ1v) is 9.58. The van der Waals surface area contributed by atoms with Crippen LogP contribution in [-0.4, -0.2) is 32.3 Å². The van der Waals surface area contributed by atoms with Gasteiger partial charge in [-0.15, -0.1) is 0 Å². The van der Waals surface area contributed by atoms with Gasteiger partial charge in [0.2, 0.25) is 0 Å². The van der Waals surface area contributed by atoms with E-state index in [9.17, 15) is 9.59 Å². The first-order chi connectivity index (χ1) is 12.2. The minimum atomic E-state index is -0.240. The SMILES string of the molecule is NCc1ccccc1N1C=C(NC=O)[Se]C1NC(=O)c1ccccc1. The third kappa shape index (κ3) is 3.91. The molecule has 3 rings (SSSR count). The average molecular weight is 401 g/mol. The number of anilines is 1. The van der Waals surface area contributed by atoms with Crippen LogP contribution in [0, 0.1) is 0 Å². The van der Waals surface area contributed by atoms with E-state index in [0.29, 0.717) is 18.5 Å². The summed E-state index contributed by atoms with van der Waals surface area (Å²) in [4.78, 5) is 25.3. The number of benzene rings is 2. The fraction of sp³-hybridized carbons (Fsp3) is 0.111. The van der Waals surface area contributed by atoms with E-state index in [2.05, 4.69) is 10.6 Å². The molecular formula is C18H18N4O2Se. The van der Waals surface area contributed by atoms with Gasteiger partial charge in [0.15, 0.2) is 0 Å². The number of nitrogens with one attached hydrogen (secondary N) is 2. The van der Waals surface area contributed by atoms with Crippen LogP contribution in [0.5, 0.6) is 0 Å². The normalized spacial score (nSPS) is 16.3. The predicted molar refractivity (Wildman–Crippen MR) is 97.5 cm³/mol. The molecule has 128 valence electrons. The van der Waals surface area contributed by atoms with E-state index in [1.165, 1.54) is 0 Å². The third-order valence-corrected chi connectivity index (χ3v) is 5.92. The predicted octanol–water partition coefficient (Wildman–Crippen LogP) is 0.928. The summed E-state index contributed by atoms with van der Waals surface area (Å²) < 4.78 is 0.799. The van der Waals surface area contributed by atoms with Gasteiger partial charge in [-0.05, 0) is 0 Å². The number of amides is 2. The molecule has 1 aliphatic rings. The van der Waals surface area contributed by atoms with Gasteiger partial charge in [0.05, 0.1) is 0 Å². The maximum absolute atomic E-state index is 12.5. The third-order valence-electron chi connectivity index (χ3n) is 3.73. The van der Waals surface area contributed by atoms with Crippen LogP contribution < -0.4 is 21.3 Å². The van der Waals surface area contributed by atoms with Gasteiger partial charge >= 0.3 is 152 Å². The van der Waals surface area contributed by atoms with Gasteiger partial charge in [-0.1, -0.05) is 0 Å². The Kier molecular flexibility index (Phi) is 5.50. The second-order valence-corrected chi connectivity index (χ2v) is 7.66. The molecule has 1 heterocycles. The topological polar surface area (TPSA) is 87.5 Å². The number of hydrogen-bond acceptors (Lipinski definition) is 4. The summed E-state index contributed by atoms with van der Waals surface area (Å²) in [6, 6.07) is 16.8. The molecule has 2 amide bonds. The summed E-state index contributed by atoms with van der Waals surface area (Å²) in [6.45, 7) is 0.392. The van der Waals surface area contributed by atoms with Crippen molar-refractivity contribution in [3.63, 3.8) is 0 Å². The molecule has 7 heteroatoms. The monoisotopic (exact) mass is 402 g/mol. The van der Waals surface area contributed by atoms with Gasteiger partial charge in [-0.25, -0.2) is 0 Å². The number of nitrogens with zero attached hydrogens (tertiary/aromatic N) is 1. The fourth-order valence-corrected chi connectivity index (χ4v) is 4.61. The summed E-state index contributed by atoms with van der Waals surface area (Å²) in [5, 5.41) is 5.52. The Morgan fingerprint density at radius 2 is 1.88 bits per heavy atom. The summed E-state index contributed by atoms with van der Waals surface area (Å²) in [7, 11) is 0. The van der Waals surface area contributed by atoms with Crippen molar-refractivity contribution in [3.05, 3.63) is 76.5 Å². The summed E-state index contributed by atoms with van der Waals surface area (Å²) in [5.74, 6) is -0.150. The Morgan fingerprint density at radius 1 is 1.16 bits per heavy atom. The van der Waals surface area contributed by atoms with E-state index in [1.54, 1.807) is 12.1 Å². The molecule has 0 saturated heterocycles. The number of carbonyl (C=O) groups is 2. The van der Waals surface area contributed by atoms with Gasteiger partial charge < -0.3 is 0 Å². The molecule has 0 bridgehead atoms. The van der Waals surface area contributed by atoms with Crippen LogP contribution in [0.4, 0.5) is 5.69 Å². The van der Waals surface area contributed by atoms with Crippen LogP contribution in [0.3, 0.4) is 0 Å². The van der Waals surface area contributed by atoms with Crippen LogP contribution in [0.2, 0.25) is 0 Å². The summed E-state index contributed by atoms with van der Waals surface area (Å²) in [5.41, 5.74) is 8.34. The first-order valence-electron chi connectivity index (χ1n) is 7.74. The molecule has 0 aliphatic carbocycles. The van der Waals surface area contributed by atoms with Gasteiger partial charge in [-0.2, -0.15) is 0 Å². The van der Waals surface area contributed by atoms with Crippen LogP contribution in [0.25, 0.3) is 0 Å². The number of hydrogen-bond donors (Lipinski definition) is 3. The quantitative estimate of drug-likeness (QED) is 0.497. The molecule has 0 aromatic heterocycles. The molecule has 1 unspecified atom stereocenters. The van der Waals surface area contributed by atoms with E-state index in [4.69, 9.17) is 5.73 Å². The van der Waals surface area contributed by atoms with Crippen molar-refractivity contribution in [1.29, 1.82) is 0 Å². The van der Waals surface area contributed by atoms with Gasteiger partial charge in [0.1, 0.15) is 0 Å². The molecule has 25 heavy (non-hydrogen) atoms. The van der Waals surface area contributed by atoms with Crippen LogP contribution in [0.1, 0.15) is 15.9 Å². The zero-order valence-corrected chi connectivity index (χ0v) is 15.1. The van der Waals surface area contributed by atoms with Crippen molar-refractivity contribution < 1.29 is 9.59 Å². The Hall–Kier alpha value is -2.60. The molecule has 1 atom stereocenters. The number of nitrogens with two attached hydrogens (primary N) is 1. The maximum atomic E-state index is 12.5. The van der Waals surface area contributed by atoms with Gasteiger partial charge in [0.25, 0.3) is 0 Å². The zero-order chi connectivity index (χ0) is 17.6. The minimum absolute atomic E-state index is 0.146. The van der Waals surface area contributed by atoms with Crippen molar-refractivity contribution >= 4 is 33.0 Å². The molecular weight excluding hydrogens is 383 g/mol. The van der Waals surface area contributed by atoms with Crippen molar-refractivity contribution in [1.82, 2.24) is 10.6 Å². The van der Waals surface area contributed by atoms with Crippen molar-refractivity contribution in [2.75, 3.05) is 4.90 Å². The molecule has 0 spiro atoms. The molecule has 0 saturated carbocycles. The molecule has 0 radical (unpaired) electrons. The standard InChI is InChI=1S/C18H18N4O2Se/c19-10-14-8-4-5-9-15(14)22-11-16(20-12-23)25-18(22)21-17(24)13-6-2-1-3-7-13/h1-9,11-12,18H,10,19H2,(H,20,23)(H,21,24). The Labute approximate surface area is 152 Å². The van der Waals surface area contributed by atoms with E-state index < -0.39 is 0 Å². The Morgan fingerprint density at radius 3 is 2.60 bits per heavy atom. The summed E-state index contributed by atoms with van der Waals surface area (Å²) >= 11 is -0.146. The van der Waals surface area contributed by atoms with Crippen molar-refractivity contribution in [2.45, 2.75) is 11.6 Å². The number of para-hydroxylation sites is 1. The van der Waals surface area contributed by atoms with Gasteiger partial charge in [-0.3, -0.25) is 0 Å². The van der Waals surface area contributed by atoms with Crippen LogP contribution in [-0.2, 0) is 11.3 Å². The van der Waals surface area contributed by atoms with Crippen LogP contribution in [0.15, 0.2) is 65.4 Å². The van der Waals surface area contributed by atoms with Crippen molar-refractivity contribution in [2.24, 2.45) is 5.73 Å². The molecule has 2 aromatic rings. The molecule has 2 aromatic carbocycles. The first kappa shape index (κ1) is 17.2. The summed E-state index contributed by atoms with van der Waals surface area (Å²) in [6.07, 6.45) is 2.51. The fourth-order valence-electron chi connectivity index (χ4n) is 2.55. The Balaban J connectivity index is 1.86. The number of carbonyl (C=O) groups excluding carboxylic acids is 2. The molecule has 4 N–H and O–H groups in total. The molecule has 0 fully saturated rings. The molecule has 6 nitrogen and oxygen atoms in total.